The van der Waals surface area contributed by atoms with Gasteiger partial charge in [0.05, 0.1) is 0 Å². The number of anilines is 1. The van der Waals surface area contributed by atoms with Gasteiger partial charge in [0.2, 0.25) is 5.91 Å². The molecule has 1 aliphatic rings. The summed E-state index contributed by atoms with van der Waals surface area (Å²) < 4.78 is 7.67. The Morgan fingerprint density at radius 3 is 2.59 bits per heavy atom. The molecule has 0 bridgehead atoms. The van der Waals surface area contributed by atoms with E-state index in [4.69, 9.17) is 9.72 Å². The summed E-state index contributed by atoms with van der Waals surface area (Å²) in [5.41, 5.74) is 3.10. The van der Waals surface area contributed by atoms with Crippen molar-refractivity contribution in [3.63, 3.8) is 0 Å². The molecule has 8 heteroatoms. The Morgan fingerprint density at radius 2 is 1.91 bits per heavy atom. The maximum atomic E-state index is 12.9. The lowest BCUT2D eigenvalue weighted by Crippen LogP contribution is -2.40. The molecule has 0 spiro atoms. The number of ether oxygens (including phenoxy) is 1. The molecule has 0 saturated carbocycles. The quantitative estimate of drug-likeness (QED) is 0.659. The van der Waals surface area contributed by atoms with Crippen LogP contribution in [0.1, 0.15) is 47.6 Å². The molecule has 1 aliphatic heterocycles. The Kier molecular flexibility index (Phi) is 6.20. The molecule has 0 radical (unpaired) electrons. The van der Waals surface area contributed by atoms with Gasteiger partial charge in [0, 0.05) is 68.4 Å². The van der Waals surface area contributed by atoms with Gasteiger partial charge < -0.3 is 15.0 Å². The zero-order chi connectivity index (χ0) is 22.7. The van der Waals surface area contributed by atoms with E-state index in [0.29, 0.717) is 23.7 Å². The third-order valence-electron chi connectivity index (χ3n) is 5.52. The van der Waals surface area contributed by atoms with Gasteiger partial charge >= 0.3 is 0 Å². The fraction of sp³-hybridized carbons (Fsp3) is 0.333. The molecule has 1 saturated heterocycles. The second-order valence-electron chi connectivity index (χ2n) is 8.11. The van der Waals surface area contributed by atoms with Crippen LogP contribution in [-0.4, -0.2) is 44.6 Å². The highest BCUT2D eigenvalue weighted by atomic mass is 16.5. The van der Waals surface area contributed by atoms with E-state index in [0.717, 1.165) is 36.5 Å². The van der Waals surface area contributed by atoms with Gasteiger partial charge in [0.15, 0.2) is 0 Å². The highest BCUT2D eigenvalue weighted by molar-refractivity contribution is 5.92. The van der Waals surface area contributed by atoms with Crippen LogP contribution in [0.3, 0.4) is 0 Å². The molecule has 4 rings (SSSR count). The van der Waals surface area contributed by atoms with Crippen molar-refractivity contribution in [2.24, 2.45) is 7.05 Å². The molecular weight excluding hydrogens is 406 g/mol. The van der Waals surface area contributed by atoms with Crippen LogP contribution in [0.2, 0.25) is 0 Å². The number of nitrogens with one attached hydrogen (secondary N) is 1. The maximum absolute atomic E-state index is 12.9. The predicted octanol–water partition coefficient (Wildman–Crippen LogP) is 3.89. The number of aromatic nitrogens is 3. The van der Waals surface area contributed by atoms with Crippen molar-refractivity contribution >= 4 is 17.5 Å². The Labute approximate surface area is 187 Å². The van der Waals surface area contributed by atoms with Gasteiger partial charge in [-0.3, -0.25) is 19.3 Å². The molecule has 32 heavy (non-hydrogen) atoms. The lowest BCUT2D eigenvalue weighted by molar-refractivity contribution is -0.114. The number of piperidine rings is 1. The first-order valence-corrected chi connectivity index (χ1v) is 10.7. The van der Waals surface area contributed by atoms with Crippen molar-refractivity contribution in [3.05, 3.63) is 65.7 Å². The molecule has 3 aromatic rings. The summed E-state index contributed by atoms with van der Waals surface area (Å²) in [6.07, 6.45) is 3.53. The summed E-state index contributed by atoms with van der Waals surface area (Å²) in [6, 6.07) is 12.8. The highest BCUT2D eigenvalue weighted by Crippen LogP contribution is 2.31. The van der Waals surface area contributed by atoms with E-state index in [1.54, 1.807) is 36.1 Å². The topological polar surface area (TPSA) is 89.3 Å². The molecule has 1 fully saturated rings. The average molecular weight is 434 g/mol. The Bertz CT molecular complexity index is 1120. The first-order chi connectivity index (χ1) is 15.4. The summed E-state index contributed by atoms with van der Waals surface area (Å²) in [5.74, 6) is 1.40. The minimum atomic E-state index is -0.114. The number of nitrogens with zero attached hydrogens (tertiary/aromatic N) is 4. The monoisotopic (exact) mass is 433 g/mol. The molecule has 8 nitrogen and oxygen atoms in total. The number of hydrogen-bond acceptors (Lipinski definition) is 5. The number of likely N-dealkylation sites (tertiary alicyclic amines) is 1. The molecule has 2 aromatic heterocycles. The number of hydrogen-bond donors (Lipinski definition) is 1. The van der Waals surface area contributed by atoms with Gasteiger partial charge in [-0.25, -0.2) is 0 Å². The average Bonchev–Trinajstić information content (AvgIpc) is 3.20. The van der Waals surface area contributed by atoms with E-state index in [1.165, 1.54) is 6.92 Å². The van der Waals surface area contributed by atoms with Gasteiger partial charge in [0.25, 0.3) is 5.91 Å². The fourth-order valence-electron chi connectivity index (χ4n) is 4.02. The lowest BCUT2D eigenvalue weighted by Gasteiger charge is -2.32. The standard InChI is InChI=1S/C24H27N5O3/c1-16-13-21(32-20-8-6-19(7-9-20)27-17(2)30)14-22(26-16)18-5-4-12-29(15-18)24(31)23-10-11-25-28(23)3/h6-11,13-14,18H,4-5,12,15H2,1-3H3,(H,27,30)/t18-/m0/s1. The van der Waals surface area contributed by atoms with Gasteiger partial charge in [0.1, 0.15) is 17.2 Å². The van der Waals surface area contributed by atoms with Crippen molar-refractivity contribution in [3.8, 4) is 11.5 Å². The number of aryl methyl sites for hydroxylation is 2. The second-order valence-corrected chi connectivity index (χ2v) is 8.11. The second kappa shape index (κ2) is 9.21. The summed E-state index contributed by atoms with van der Waals surface area (Å²) in [5, 5.41) is 6.85. The molecule has 0 unspecified atom stereocenters. The molecule has 166 valence electrons. The number of benzene rings is 1. The van der Waals surface area contributed by atoms with Crippen LogP contribution in [0.5, 0.6) is 11.5 Å². The third-order valence-corrected chi connectivity index (χ3v) is 5.52. The smallest absolute Gasteiger partial charge is 0.272 e. The summed E-state index contributed by atoms with van der Waals surface area (Å²) in [7, 11) is 1.78. The van der Waals surface area contributed by atoms with Crippen LogP contribution >= 0.6 is 0 Å². The number of carbonyl (C=O) groups is 2. The normalized spacial score (nSPS) is 16.0. The van der Waals surface area contributed by atoms with Crippen LogP contribution in [0.15, 0.2) is 48.7 Å². The predicted molar refractivity (Wildman–Crippen MR) is 121 cm³/mol. The first kappa shape index (κ1) is 21.5. The number of rotatable bonds is 5. The van der Waals surface area contributed by atoms with Gasteiger partial charge in [-0.2, -0.15) is 5.10 Å². The zero-order valence-corrected chi connectivity index (χ0v) is 18.5. The lowest BCUT2D eigenvalue weighted by atomic mass is 9.93. The molecule has 1 atom stereocenters. The molecule has 2 amide bonds. The summed E-state index contributed by atoms with van der Waals surface area (Å²) in [4.78, 5) is 30.7. The molecule has 1 N–H and O–H groups in total. The van der Waals surface area contributed by atoms with Gasteiger partial charge in [-0.05, 0) is 50.1 Å². The Balaban J connectivity index is 1.49. The van der Waals surface area contributed by atoms with Crippen LogP contribution in [-0.2, 0) is 11.8 Å². The minimum absolute atomic E-state index is 0.00177. The van der Waals surface area contributed by atoms with Crippen molar-refractivity contribution in [1.29, 1.82) is 0 Å². The summed E-state index contributed by atoms with van der Waals surface area (Å²) >= 11 is 0. The van der Waals surface area contributed by atoms with Gasteiger partial charge in [-0.15, -0.1) is 0 Å². The zero-order valence-electron chi connectivity index (χ0n) is 18.5. The largest absolute Gasteiger partial charge is 0.457 e. The molecular formula is C24H27N5O3. The summed E-state index contributed by atoms with van der Waals surface area (Å²) in [6.45, 7) is 4.77. The number of carbonyl (C=O) groups excluding carboxylic acids is 2. The van der Waals surface area contributed by atoms with E-state index in [2.05, 4.69) is 10.4 Å². The van der Waals surface area contributed by atoms with Crippen LogP contribution in [0.25, 0.3) is 0 Å². The molecule has 1 aromatic carbocycles. The molecule has 0 aliphatic carbocycles. The maximum Gasteiger partial charge on any atom is 0.272 e. The van der Waals surface area contributed by atoms with E-state index in [1.807, 2.05) is 36.1 Å². The van der Waals surface area contributed by atoms with E-state index in [9.17, 15) is 9.59 Å². The Morgan fingerprint density at radius 1 is 1.12 bits per heavy atom. The minimum Gasteiger partial charge on any atom is -0.457 e. The van der Waals surface area contributed by atoms with Crippen LogP contribution in [0, 0.1) is 6.92 Å². The molecule has 3 heterocycles. The SMILES string of the molecule is CC(=O)Nc1ccc(Oc2cc(C)nc([C@H]3CCCN(C(=O)c4ccnn4C)C3)c2)cc1. The van der Waals surface area contributed by atoms with E-state index >= 15 is 0 Å². The van der Waals surface area contributed by atoms with E-state index < -0.39 is 0 Å². The van der Waals surface area contributed by atoms with Gasteiger partial charge in [-0.1, -0.05) is 0 Å². The first-order valence-electron chi connectivity index (χ1n) is 10.7. The van der Waals surface area contributed by atoms with Crippen molar-refractivity contribution in [1.82, 2.24) is 19.7 Å². The Hall–Kier alpha value is -3.68. The number of amides is 2. The van der Waals surface area contributed by atoms with Crippen molar-refractivity contribution in [2.45, 2.75) is 32.6 Å². The van der Waals surface area contributed by atoms with E-state index in [-0.39, 0.29) is 17.7 Å². The highest BCUT2D eigenvalue weighted by Gasteiger charge is 2.28. The van der Waals surface area contributed by atoms with Crippen LogP contribution in [0.4, 0.5) is 5.69 Å². The fourth-order valence-corrected chi connectivity index (χ4v) is 4.02. The number of pyridine rings is 1. The third kappa shape index (κ3) is 4.96. The van der Waals surface area contributed by atoms with Crippen LogP contribution < -0.4 is 10.1 Å². The van der Waals surface area contributed by atoms with Crippen molar-refractivity contribution < 1.29 is 14.3 Å². The van der Waals surface area contributed by atoms with Crippen molar-refractivity contribution in [2.75, 3.05) is 18.4 Å².